The molecular weight excluding hydrogens is 267 g/mol. The van der Waals surface area contributed by atoms with Crippen molar-refractivity contribution in [2.45, 2.75) is 13.0 Å². The van der Waals surface area contributed by atoms with Crippen LogP contribution in [0.5, 0.6) is 5.75 Å². The Bertz CT molecular complexity index is 596. The number of benzene rings is 2. The first-order valence-electron chi connectivity index (χ1n) is 6.06. The van der Waals surface area contributed by atoms with Crippen LogP contribution in [-0.2, 0) is 0 Å². The monoisotopic (exact) mass is 281 g/mol. The van der Waals surface area contributed by atoms with Gasteiger partial charge in [0.05, 0.1) is 18.7 Å². The Morgan fingerprint density at radius 1 is 1.05 bits per heavy atom. The molecule has 2 aromatic rings. The van der Waals surface area contributed by atoms with E-state index < -0.39 is 23.5 Å². The summed E-state index contributed by atoms with van der Waals surface area (Å²) in [5.74, 6) is -1.46. The second-order valence-corrected chi connectivity index (χ2v) is 4.38. The summed E-state index contributed by atoms with van der Waals surface area (Å²) in [5, 5.41) is 2.86. The van der Waals surface area contributed by atoms with E-state index in [1.807, 2.05) is 0 Å². The van der Waals surface area contributed by atoms with Crippen molar-refractivity contribution >= 4 is 5.69 Å². The Hall–Kier alpha value is -2.17. The third-order valence-corrected chi connectivity index (χ3v) is 2.91. The van der Waals surface area contributed by atoms with E-state index >= 15 is 0 Å². The summed E-state index contributed by atoms with van der Waals surface area (Å²) in [6, 6.07) is 7.03. The lowest BCUT2D eigenvalue weighted by molar-refractivity contribution is 0.402. The van der Waals surface area contributed by atoms with E-state index in [2.05, 4.69) is 5.32 Å². The number of anilines is 1. The van der Waals surface area contributed by atoms with E-state index in [9.17, 15) is 13.2 Å². The van der Waals surface area contributed by atoms with Crippen LogP contribution in [0.1, 0.15) is 18.5 Å². The van der Waals surface area contributed by atoms with E-state index in [-0.39, 0.29) is 5.69 Å². The van der Waals surface area contributed by atoms with Crippen LogP contribution in [0.4, 0.5) is 18.9 Å². The van der Waals surface area contributed by atoms with Gasteiger partial charge in [-0.15, -0.1) is 0 Å². The van der Waals surface area contributed by atoms with Gasteiger partial charge in [-0.25, -0.2) is 13.2 Å². The first-order valence-corrected chi connectivity index (χ1v) is 6.06. The third kappa shape index (κ3) is 3.04. The van der Waals surface area contributed by atoms with Crippen molar-refractivity contribution in [3.63, 3.8) is 0 Å². The molecule has 5 heteroatoms. The summed E-state index contributed by atoms with van der Waals surface area (Å²) in [7, 11) is 1.44. The molecular formula is C15H14F3NO. The Morgan fingerprint density at radius 2 is 1.70 bits per heavy atom. The summed E-state index contributed by atoms with van der Waals surface area (Å²) in [5.41, 5.74) is 0.542. The van der Waals surface area contributed by atoms with E-state index in [4.69, 9.17) is 4.74 Å². The van der Waals surface area contributed by atoms with Gasteiger partial charge in [-0.1, -0.05) is 6.07 Å². The van der Waals surface area contributed by atoms with E-state index in [1.165, 1.54) is 19.2 Å². The molecule has 1 N–H and O–H groups in total. The van der Waals surface area contributed by atoms with Gasteiger partial charge in [0, 0.05) is 11.8 Å². The largest absolute Gasteiger partial charge is 0.496 e. The maximum Gasteiger partial charge on any atom is 0.132 e. The lowest BCUT2D eigenvalue weighted by atomic mass is 10.1. The molecule has 0 aromatic heterocycles. The maximum absolute atomic E-state index is 13.9. The van der Waals surface area contributed by atoms with E-state index in [1.54, 1.807) is 13.0 Å². The molecule has 0 bridgehead atoms. The van der Waals surface area contributed by atoms with Crippen molar-refractivity contribution in [3.8, 4) is 5.75 Å². The highest BCUT2D eigenvalue weighted by molar-refractivity contribution is 5.48. The number of rotatable bonds is 4. The smallest absolute Gasteiger partial charge is 0.132 e. The molecule has 0 amide bonds. The Kier molecular flexibility index (Phi) is 4.17. The van der Waals surface area contributed by atoms with Crippen LogP contribution in [0.25, 0.3) is 0 Å². The van der Waals surface area contributed by atoms with Gasteiger partial charge in [0.1, 0.15) is 23.2 Å². The minimum absolute atomic E-state index is 0.236. The van der Waals surface area contributed by atoms with Crippen molar-refractivity contribution in [1.29, 1.82) is 0 Å². The maximum atomic E-state index is 13.9. The normalized spacial score (nSPS) is 12.1. The predicted molar refractivity (Wildman–Crippen MR) is 71.3 cm³/mol. The molecule has 2 rings (SSSR count). The van der Waals surface area contributed by atoms with Crippen LogP contribution in [0.3, 0.4) is 0 Å². The van der Waals surface area contributed by atoms with Gasteiger partial charge in [0.2, 0.25) is 0 Å². The predicted octanol–water partition coefficient (Wildman–Crippen LogP) is 4.29. The number of ether oxygens (including phenoxy) is 1. The highest BCUT2D eigenvalue weighted by Gasteiger charge is 2.16. The van der Waals surface area contributed by atoms with Crippen LogP contribution >= 0.6 is 0 Å². The number of methoxy groups -OCH3 is 1. The van der Waals surface area contributed by atoms with E-state index in [0.717, 1.165) is 18.2 Å². The summed E-state index contributed by atoms with van der Waals surface area (Å²) >= 11 is 0. The topological polar surface area (TPSA) is 21.3 Å². The van der Waals surface area contributed by atoms with Crippen LogP contribution in [-0.4, -0.2) is 7.11 Å². The zero-order chi connectivity index (χ0) is 14.7. The zero-order valence-corrected chi connectivity index (χ0v) is 11.1. The first kappa shape index (κ1) is 14.2. The highest BCUT2D eigenvalue weighted by atomic mass is 19.1. The van der Waals surface area contributed by atoms with Crippen molar-refractivity contribution in [3.05, 3.63) is 59.4 Å². The molecule has 0 saturated heterocycles. The third-order valence-electron chi connectivity index (χ3n) is 2.91. The van der Waals surface area contributed by atoms with Crippen molar-refractivity contribution in [2.75, 3.05) is 12.4 Å². The van der Waals surface area contributed by atoms with Crippen molar-refractivity contribution in [2.24, 2.45) is 0 Å². The Labute approximate surface area is 115 Å². The van der Waals surface area contributed by atoms with Crippen LogP contribution in [0.15, 0.2) is 36.4 Å². The second kappa shape index (κ2) is 5.86. The zero-order valence-electron chi connectivity index (χ0n) is 11.1. The number of halogens is 3. The average molecular weight is 281 g/mol. The number of nitrogens with one attached hydrogen (secondary N) is 1. The summed E-state index contributed by atoms with van der Waals surface area (Å²) < 4.78 is 45.2. The summed E-state index contributed by atoms with van der Waals surface area (Å²) in [6.07, 6.45) is 0. The van der Waals surface area contributed by atoms with Crippen LogP contribution < -0.4 is 10.1 Å². The fraction of sp³-hybridized carbons (Fsp3) is 0.200. The molecule has 20 heavy (non-hydrogen) atoms. The lowest BCUT2D eigenvalue weighted by Gasteiger charge is -2.19. The molecule has 1 atom stereocenters. The fourth-order valence-corrected chi connectivity index (χ4v) is 2.07. The lowest BCUT2D eigenvalue weighted by Crippen LogP contribution is -2.10. The minimum Gasteiger partial charge on any atom is -0.496 e. The van der Waals surface area contributed by atoms with Crippen molar-refractivity contribution in [1.82, 2.24) is 0 Å². The van der Waals surface area contributed by atoms with Gasteiger partial charge < -0.3 is 10.1 Å². The molecule has 0 saturated carbocycles. The first-order chi connectivity index (χ1) is 9.51. The standard InChI is InChI=1S/C15H14F3NO/c1-9(15-13(18)4-3-5-14(15)20-2)19-12-7-10(16)6-11(17)8-12/h3-9,19H,1-2H3. The Morgan fingerprint density at radius 3 is 2.30 bits per heavy atom. The molecule has 0 aliphatic carbocycles. The molecule has 0 heterocycles. The molecule has 0 radical (unpaired) electrons. The molecule has 2 nitrogen and oxygen atoms in total. The molecule has 0 fully saturated rings. The van der Waals surface area contributed by atoms with Crippen molar-refractivity contribution < 1.29 is 17.9 Å². The quantitative estimate of drug-likeness (QED) is 0.902. The summed E-state index contributed by atoms with van der Waals surface area (Å²) in [4.78, 5) is 0. The van der Waals surface area contributed by atoms with Gasteiger partial charge in [0.25, 0.3) is 0 Å². The van der Waals surface area contributed by atoms with Gasteiger partial charge in [-0.3, -0.25) is 0 Å². The second-order valence-electron chi connectivity index (χ2n) is 4.38. The Balaban J connectivity index is 2.30. The van der Waals surface area contributed by atoms with Crippen LogP contribution in [0, 0.1) is 17.5 Å². The minimum atomic E-state index is -0.694. The molecule has 0 spiro atoms. The van der Waals surface area contributed by atoms with Gasteiger partial charge in [-0.2, -0.15) is 0 Å². The molecule has 106 valence electrons. The highest BCUT2D eigenvalue weighted by Crippen LogP contribution is 2.30. The molecule has 0 aliphatic rings. The van der Waals surface area contributed by atoms with Gasteiger partial charge in [0.15, 0.2) is 0 Å². The van der Waals surface area contributed by atoms with Gasteiger partial charge in [-0.05, 0) is 31.2 Å². The molecule has 2 aromatic carbocycles. The van der Waals surface area contributed by atoms with Gasteiger partial charge >= 0.3 is 0 Å². The molecule has 0 aliphatic heterocycles. The molecule has 1 unspecified atom stereocenters. The average Bonchev–Trinajstić information content (AvgIpc) is 2.36. The fourth-order valence-electron chi connectivity index (χ4n) is 2.07. The van der Waals surface area contributed by atoms with E-state index in [0.29, 0.717) is 11.3 Å². The van der Waals surface area contributed by atoms with Crippen LogP contribution in [0.2, 0.25) is 0 Å². The number of hydrogen-bond acceptors (Lipinski definition) is 2. The summed E-state index contributed by atoms with van der Waals surface area (Å²) in [6.45, 7) is 1.68. The number of hydrogen-bond donors (Lipinski definition) is 1. The SMILES string of the molecule is COc1cccc(F)c1C(C)Nc1cc(F)cc(F)c1.